The van der Waals surface area contributed by atoms with Gasteiger partial charge in [-0.1, -0.05) is 23.2 Å². The molecule has 1 amide bonds. The van der Waals surface area contributed by atoms with Gasteiger partial charge in [-0.15, -0.1) is 0 Å². The first-order chi connectivity index (χ1) is 11.1. The van der Waals surface area contributed by atoms with Crippen LogP contribution in [-0.2, 0) is 6.42 Å². The van der Waals surface area contributed by atoms with E-state index in [0.29, 0.717) is 22.2 Å². The highest BCUT2D eigenvalue weighted by Crippen LogP contribution is 2.31. The van der Waals surface area contributed by atoms with E-state index in [1.807, 2.05) is 18.2 Å². The van der Waals surface area contributed by atoms with E-state index in [2.05, 4.69) is 11.1 Å². The van der Waals surface area contributed by atoms with Gasteiger partial charge in [-0.25, -0.2) is 4.98 Å². The molecule has 0 fully saturated rings. The number of benzene rings is 2. The van der Waals surface area contributed by atoms with Crippen molar-refractivity contribution in [2.75, 3.05) is 11.4 Å². The van der Waals surface area contributed by atoms with E-state index in [0.717, 1.165) is 28.7 Å². The molecular formula is C18H12Cl2N2O. The van der Waals surface area contributed by atoms with Crippen LogP contribution < -0.4 is 4.90 Å². The molecule has 0 spiro atoms. The minimum Gasteiger partial charge on any atom is -0.292 e. The van der Waals surface area contributed by atoms with E-state index in [9.17, 15) is 4.79 Å². The van der Waals surface area contributed by atoms with Gasteiger partial charge in [0.2, 0.25) is 0 Å². The van der Waals surface area contributed by atoms with E-state index in [4.69, 9.17) is 23.2 Å². The monoisotopic (exact) mass is 342 g/mol. The third kappa shape index (κ3) is 2.56. The summed E-state index contributed by atoms with van der Waals surface area (Å²) in [6, 6.07) is 14.6. The predicted molar refractivity (Wildman–Crippen MR) is 93.6 cm³/mol. The third-order valence-electron chi connectivity index (χ3n) is 4.03. The molecule has 2 aromatic carbocycles. The molecule has 0 atom stereocenters. The number of hydrogen-bond donors (Lipinski definition) is 0. The fourth-order valence-corrected chi connectivity index (χ4v) is 3.19. The molecule has 0 radical (unpaired) electrons. The Labute approximate surface area is 143 Å². The van der Waals surface area contributed by atoms with Crippen molar-refractivity contribution in [3.63, 3.8) is 0 Å². The first-order valence-electron chi connectivity index (χ1n) is 7.28. The van der Waals surface area contributed by atoms with Crippen molar-refractivity contribution < 1.29 is 4.79 Å². The minimum atomic E-state index is -0.0544. The fraction of sp³-hybridized carbons (Fsp3) is 0.111. The number of hydrogen-bond acceptors (Lipinski definition) is 2. The Morgan fingerprint density at radius 1 is 1.00 bits per heavy atom. The van der Waals surface area contributed by atoms with E-state index in [-0.39, 0.29) is 5.91 Å². The zero-order chi connectivity index (χ0) is 16.0. The summed E-state index contributed by atoms with van der Waals surface area (Å²) in [6.45, 7) is 0.633. The number of pyridine rings is 1. The van der Waals surface area contributed by atoms with Crippen LogP contribution >= 0.6 is 23.2 Å². The normalized spacial score (nSPS) is 13.4. The van der Waals surface area contributed by atoms with Gasteiger partial charge in [0.25, 0.3) is 5.91 Å². The van der Waals surface area contributed by atoms with Crippen LogP contribution in [0, 0.1) is 0 Å². The van der Waals surface area contributed by atoms with Crippen LogP contribution in [0.5, 0.6) is 0 Å². The maximum absolute atomic E-state index is 12.7. The van der Waals surface area contributed by atoms with Crippen molar-refractivity contribution in [1.82, 2.24) is 4.98 Å². The molecule has 5 heteroatoms. The Kier molecular flexibility index (Phi) is 3.47. The second-order valence-corrected chi connectivity index (χ2v) is 6.39. The number of rotatable bonds is 1. The van der Waals surface area contributed by atoms with Crippen molar-refractivity contribution in [1.29, 1.82) is 0 Å². The van der Waals surface area contributed by atoms with Crippen LogP contribution in [0.15, 0.2) is 48.5 Å². The van der Waals surface area contributed by atoms with Gasteiger partial charge in [0, 0.05) is 27.5 Å². The number of anilines is 1. The van der Waals surface area contributed by atoms with Crippen LogP contribution in [0.2, 0.25) is 10.0 Å². The van der Waals surface area contributed by atoms with E-state index < -0.39 is 0 Å². The highest BCUT2D eigenvalue weighted by atomic mass is 35.5. The van der Waals surface area contributed by atoms with Gasteiger partial charge in [-0.05, 0) is 60.5 Å². The second kappa shape index (κ2) is 5.52. The predicted octanol–water partition coefficient (Wildman–Crippen LogP) is 4.74. The first kappa shape index (κ1) is 14.5. The number of nitrogens with zero attached hydrogens (tertiary/aromatic N) is 2. The van der Waals surface area contributed by atoms with Gasteiger partial charge < -0.3 is 0 Å². The van der Waals surface area contributed by atoms with Crippen molar-refractivity contribution in [2.24, 2.45) is 0 Å². The van der Waals surface area contributed by atoms with Gasteiger partial charge >= 0.3 is 0 Å². The van der Waals surface area contributed by atoms with Crippen LogP contribution in [0.25, 0.3) is 10.9 Å². The number of aromatic nitrogens is 1. The average molecular weight is 343 g/mol. The standard InChI is InChI=1S/C18H12Cl2N2O/c19-14-3-1-11(2-4-14)18(23)22-8-7-12-9-13-10-15(20)5-6-16(13)21-17(12)22/h1-6,9-10H,7-8H2. The molecule has 0 saturated heterocycles. The molecule has 0 bridgehead atoms. The lowest BCUT2D eigenvalue weighted by atomic mass is 10.1. The lowest BCUT2D eigenvalue weighted by Gasteiger charge is -2.16. The van der Waals surface area contributed by atoms with Crippen LogP contribution in [-0.4, -0.2) is 17.4 Å². The summed E-state index contributed by atoms with van der Waals surface area (Å²) in [5.74, 6) is 0.681. The summed E-state index contributed by atoms with van der Waals surface area (Å²) >= 11 is 11.9. The average Bonchev–Trinajstić information content (AvgIpc) is 2.95. The molecule has 1 aliphatic rings. The molecule has 2 heterocycles. The number of halogens is 2. The van der Waals surface area contributed by atoms with Crippen LogP contribution in [0.4, 0.5) is 5.82 Å². The summed E-state index contributed by atoms with van der Waals surface area (Å²) in [4.78, 5) is 19.1. The summed E-state index contributed by atoms with van der Waals surface area (Å²) in [5, 5.41) is 2.30. The van der Waals surface area contributed by atoms with Crippen molar-refractivity contribution in [3.05, 3.63) is 69.7 Å². The lowest BCUT2D eigenvalue weighted by molar-refractivity contribution is 0.0989. The third-order valence-corrected chi connectivity index (χ3v) is 4.52. The molecule has 3 aromatic rings. The number of fused-ring (bicyclic) bond motifs is 2. The van der Waals surface area contributed by atoms with Gasteiger partial charge in [-0.3, -0.25) is 9.69 Å². The van der Waals surface area contributed by atoms with Crippen LogP contribution in [0.3, 0.4) is 0 Å². The van der Waals surface area contributed by atoms with Crippen molar-refractivity contribution in [3.8, 4) is 0 Å². The number of carbonyl (C=O) groups is 1. The molecule has 3 nitrogen and oxygen atoms in total. The Bertz CT molecular complexity index is 922. The van der Waals surface area contributed by atoms with Gasteiger partial charge in [-0.2, -0.15) is 0 Å². The second-order valence-electron chi connectivity index (χ2n) is 5.52. The molecule has 23 heavy (non-hydrogen) atoms. The van der Waals surface area contributed by atoms with Crippen molar-refractivity contribution >= 4 is 45.8 Å². The van der Waals surface area contributed by atoms with Gasteiger partial charge in [0.05, 0.1) is 5.52 Å². The largest absolute Gasteiger partial charge is 0.292 e. The van der Waals surface area contributed by atoms with Gasteiger partial charge in [0.1, 0.15) is 5.82 Å². The molecule has 114 valence electrons. The first-order valence-corrected chi connectivity index (χ1v) is 8.04. The lowest BCUT2D eigenvalue weighted by Crippen LogP contribution is -2.29. The Morgan fingerprint density at radius 3 is 2.52 bits per heavy atom. The summed E-state index contributed by atoms with van der Waals surface area (Å²) in [7, 11) is 0. The number of amides is 1. The molecule has 0 unspecified atom stereocenters. The highest BCUT2D eigenvalue weighted by molar-refractivity contribution is 6.31. The summed E-state index contributed by atoms with van der Waals surface area (Å²) < 4.78 is 0. The summed E-state index contributed by atoms with van der Waals surface area (Å²) in [6.07, 6.45) is 0.796. The molecule has 0 saturated carbocycles. The Hall–Kier alpha value is -2.10. The topological polar surface area (TPSA) is 33.2 Å². The van der Waals surface area contributed by atoms with Gasteiger partial charge in [0.15, 0.2) is 0 Å². The minimum absolute atomic E-state index is 0.0544. The molecular weight excluding hydrogens is 331 g/mol. The van der Waals surface area contributed by atoms with E-state index >= 15 is 0 Å². The molecule has 1 aromatic heterocycles. The number of carbonyl (C=O) groups excluding carboxylic acids is 1. The quantitative estimate of drug-likeness (QED) is 0.639. The molecule has 0 N–H and O–H groups in total. The molecule has 1 aliphatic heterocycles. The Balaban J connectivity index is 1.76. The SMILES string of the molecule is O=C(c1ccc(Cl)cc1)N1CCc2cc3cc(Cl)ccc3nc21. The zero-order valence-electron chi connectivity index (χ0n) is 12.1. The fourth-order valence-electron chi connectivity index (χ4n) is 2.88. The molecule has 0 aliphatic carbocycles. The van der Waals surface area contributed by atoms with Crippen LogP contribution in [0.1, 0.15) is 15.9 Å². The van der Waals surface area contributed by atoms with E-state index in [1.165, 1.54) is 0 Å². The molecule has 4 rings (SSSR count). The Morgan fingerprint density at radius 2 is 1.74 bits per heavy atom. The zero-order valence-corrected chi connectivity index (χ0v) is 13.6. The maximum atomic E-state index is 12.7. The maximum Gasteiger partial charge on any atom is 0.259 e. The summed E-state index contributed by atoms with van der Waals surface area (Å²) in [5.41, 5.74) is 2.52. The highest BCUT2D eigenvalue weighted by Gasteiger charge is 2.27. The van der Waals surface area contributed by atoms with E-state index in [1.54, 1.807) is 29.2 Å². The smallest absolute Gasteiger partial charge is 0.259 e. The van der Waals surface area contributed by atoms with Crippen molar-refractivity contribution in [2.45, 2.75) is 6.42 Å².